The Kier molecular flexibility index (Phi) is 5.62. The standard InChI is InChI=1S/C20H30N2O3/c1-4-25-20(24)18-13(2)19(21-14(18)3)17(23)12-22(16-10-11-16)15-8-6-5-7-9-15/h15-16,21H,4-12H2,1-3H3. The number of aryl methyl sites for hydroxylation is 1. The number of esters is 1. The molecule has 1 aromatic rings. The van der Waals surface area contributed by atoms with Crippen LogP contribution in [0.25, 0.3) is 0 Å². The molecule has 0 unspecified atom stereocenters. The minimum absolute atomic E-state index is 0.0913. The fraction of sp³-hybridized carbons (Fsp3) is 0.700. The number of aromatic amines is 1. The number of H-pyrrole nitrogens is 1. The van der Waals surface area contributed by atoms with Crippen molar-refractivity contribution in [3.8, 4) is 0 Å². The Hall–Kier alpha value is -1.62. The van der Waals surface area contributed by atoms with Gasteiger partial charge in [0.25, 0.3) is 0 Å². The summed E-state index contributed by atoms with van der Waals surface area (Å²) in [5.74, 6) is -0.257. The SMILES string of the molecule is CCOC(=O)c1c(C)[nH]c(C(=O)CN(C2CCCCC2)C2CC2)c1C. The molecular formula is C20H30N2O3. The van der Waals surface area contributed by atoms with E-state index in [1.807, 2.05) is 13.8 Å². The van der Waals surface area contributed by atoms with Gasteiger partial charge in [0.1, 0.15) is 0 Å². The molecule has 0 aromatic carbocycles. The zero-order chi connectivity index (χ0) is 18.0. The summed E-state index contributed by atoms with van der Waals surface area (Å²) < 4.78 is 5.13. The molecule has 5 heteroatoms. The average molecular weight is 346 g/mol. The van der Waals surface area contributed by atoms with Gasteiger partial charge in [0, 0.05) is 17.8 Å². The quantitative estimate of drug-likeness (QED) is 0.603. The van der Waals surface area contributed by atoms with E-state index in [4.69, 9.17) is 4.74 Å². The molecule has 0 radical (unpaired) electrons. The van der Waals surface area contributed by atoms with Gasteiger partial charge in [-0.15, -0.1) is 0 Å². The summed E-state index contributed by atoms with van der Waals surface area (Å²) in [7, 11) is 0. The number of nitrogens with zero attached hydrogens (tertiary/aromatic N) is 1. The normalized spacial score (nSPS) is 18.6. The third kappa shape index (κ3) is 3.97. The van der Waals surface area contributed by atoms with Crippen molar-refractivity contribution >= 4 is 11.8 Å². The molecule has 1 N–H and O–H groups in total. The number of nitrogens with one attached hydrogen (secondary N) is 1. The summed E-state index contributed by atoms with van der Waals surface area (Å²) in [6.45, 7) is 6.25. The van der Waals surface area contributed by atoms with Gasteiger partial charge < -0.3 is 9.72 Å². The summed E-state index contributed by atoms with van der Waals surface area (Å²) in [5, 5.41) is 0. The molecule has 0 amide bonds. The number of ether oxygens (including phenoxy) is 1. The number of hydrogen-bond acceptors (Lipinski definition) is 4. The first kappa shape index (κ1) is 18.2. The van der Waals surface area contributed by atoms with E-state index in [-0.39, 0.29) is 11.8 Å². The molecule has 3 rings (SSSR count). The Balaban J connectivity index is 1.75. The van der Waals surface area contributed by atoms with Crippen molar-refractivity contribution in [2.24, 2.45) is 0 Å². The number of carbonyl (C=O) groups is 2. The van der Waals surface area contributed by atoms with E-state index >= 15 is 0 Å². The largest absolute Gasteiger partial charge is 0.462 e. The Labute approximate surface area is 150 Å². The van der Waals surface area contributed by atoms with Gasteiger partial charge in [-0.1, -0.05) is 19.3 Å². The molecule has 1 aromatic heterocycles. The van der Waals surface area contributed by atoms with Crippen molar-refractivity contribution < 1.29 is 14.3 Å². The van der Waals surface area contributed by atoms with Crippen LogP contribution in [0.3, 0.4) is 0 Å². The van der Waals surface area contributed by atoms with Gasteiger partial charge in [0.05, 0.1) is 24.4 Å². The zero-order valence-electron chi connectivity index (χ0n) is 15.7. The summed E-state index contributed by atoms with van der Waals surface area (Å²) in [4.78, 5) is 30.7. The summed E-state index contributed by atoms with van der Waals surface area (Å²) >= 11 is 0. The monoisotopic (exact) mass is 346 g/mol. The van der Waals surface area contributed by atoms with Crippen LogP contribution in [-0.4, -0.2) is 46.9 Å². The molecule has 2 saturated carbocycles. The molecular weight excluding hydrogens is 316 g/mol. The first-order valence-corrected chi connectivity index (χ1v) is 9.68. The van der Waals surface area contributed by atoms with E-state index in [2.05, 4.69) is 9.88 Å². The van der Waals surface area contributed by atoms with Crippen molar-refractivity contribution in [3.05, 3.63) is 22.5 Å². The van der Waals surface area contributed by atoms with Crippen LogP contribution in [0.1, 0.15) is 84.0 Å². The second-order valence-electron chi connectivity index (χ2n) is 7.46. The second kappa shape index (κ2) is 7.73. The van der Waals surface area contributed by atoms with E-state index < -0.39 is 0 Å². The van der Waals surface area contributed by atoms with E-state index in [9.17, 15) is 9.59 Å². The van der Waals surface area contributed by atoms with Crippen molar-refractivity contribution in [1.29, 1.82) is 0 Å². The lowest BCUT2D eigenvalue weighted by Crippen LogP contribution is -2.42. The lowest BCUT2D eigenvalue weighted by Gasteiger charge is -2.34. The van der Waals surface area contributed by atoms with Crippen LogP contribution < -0.4 is 0 Å². The van der Waals surface area contributed by atoms with Gasteiger partial charge in [-0.2, -0.15) is 0 Å². The molecule has 0 aliphatic heterocycles. The number of rotatable bonds is 7. The zero-order valence-corrected chi connectivity index (χ0v) is 15.7. The highest BCUT2D eigenvalue weighted by molar-refractivity contribution is 6.02. The predicted molar refractivity (Wildman–Crippen MR) is 97.2 cm³/mol. The molecule has 2 fully saturated rings. The molecule has 1 heterocycles. The minimum atomic E-state index is -0.348. The first-order valence-electron chi connectivity index (χ1n) is 9.68. The molecule has 25 heavy (non-hydrogen) atoms. The molecule has 2 aliphatic carbocycles. The highest BCUT2D eigenvalue weighted by atomic mass is 16.5. The van der Waals surface area contributed by atoms with Gasteiger partial charge in [0.2, 0.25) is 0 Å². The first-order chi connectivity index (χ1) is 12.0. The van der Waals surface area contributed by atoms with E-state index in [0.29, 0.717) is 36.5 Å². The van der Waals surface area contributed by atoms with E-state index in [1.165, 1.54) is 44.9 Å². The van der Waals surface area contributed by atoms with Gasteiger partial charge in [-0.25, -0.2) is 4.79 Å². The van der Waals surface area contributed by atoms with Crippen LogP contribution in [0, 0.1) is 13.8 Å². The maximum atomic E-state index is 13.0. The summed E-state index contributed by atoms with van der Waals surface area (Å²) in [6, 6.07) is 1.12. The van der Waals surface area contributed by atoms with Crippen LogP contribution in [-0.2, 0) is 4.74 Å². The van der Waals surface area contributed by atoms with Crippen LogP contribution >= 0.6 is 0 Å². The van der Waals surface area contributed by atoms with E-state index in [0.717, 1.165) is 11.3 Å². The van der Waals surface area contributed by atoms with Gasteiger partial charge in [-0.05, 0) is 52.0 Å². The highest BCUT2D eigenvalue weighted by Crippen LogP contribution is 2.34. The highest BCUT2D eigenvalue weighted by Gasteiger charge is 2.36. The molecule has 138 valence electrons. The van der Waals surface area contributed by atoms with Crippen LogP contribution in [0.15, 0.2) is 0 Å². The fourth-order valence-electron chi connectivity index (χ4n) is 4.16. The van der Waals surface area contributed by atoms with Gasteiger partial charge >= 0.3 is 5.97 Å². The second-order valence-corrected chi connectivity index (χ2v) is 7.46. The van der Waals surface area contributed by atoms with Crippen LogP contribution in [0.5, 0.6) is 0 Å². The third-order valence-electron chi connectivity index (χ3n) is 5.58. The number of hydrogen-bond donors (Lipinski definition) is 1. The minimum Gasteiger partial charge on any atom is -0.462 e. The maximum absolute atomic E-state index is 13.0. The molecule has 0 atom stereocenters. The van der Waals surface area contributed by atoms with Gasteiger partial charge in [-0.3, -0.25) is 9.69 Å². The maximum Gasteiger partial charge on any atom is 0.340 e. The predicted octanol–water partition coefficient (Wildman–Crippen LogP) is 3.79. The summed E-state index contributed by atoms with van der Waals surface area (Å²) in [5.41, 5.74) is 2.53. The van der Waals surface area contributed by atoms with E-state index in [1.54, 1.807) is 6.92 Å². The Bertz CT molecular complexity index is 640. The van der Waals surface area contributed by atoms with Crippen LogP contribution in [0.4, 0.5) is 0 Å². The number of Topliss-reactive ketones (excluding diaryl/α,β-unsaturated/α-hetero) is 1. The number of carbonyl (C=O) groups excluding carboxylic acids is 2. The molecule has 0 saturated heterocycles. The smallest absolute Gasteiger partial charge is 0.340 e. The third-order valence-corrected chi connectivity index (χ3v) is 5.58. The number of ketones is 1. The van der Waals surface area contributed by atoms with Crippen molar-refractivity contribution in [2.75, 3.05) is 13.2 Å². The molecule has 0 bridgehead atoms. The molecule has 2 aliphatic rings. The average Bonchev–Trinajstić information content (AvgIpc) is 3.38. The van der Waals surface area contributed by atoms with Crippen molar-refractivity contribution in [2.45, 2.75) is 77.8 Å². The van der Waals surface area contributed by atoms with Crippen LogP contribution in [0.2, 0.25) is 0 Å². The summed E-state index contributed by atoms with van der Waals surface area (Å²) in [6.07, 6.45) is 8.70. The number of aromatic nitrogens is 1. The van der Waals surface area contributed by atoms with Gasteiger partial charge in [0.15, 0.2) is 5.78 Å². The van der Waals surface area contributed by atoms with Crippen molar-refractivity contribution in [1.82, 2.24) is 9.88 Å². The lowest BCUT2D eigenvalue weighted by molar-refractivity contribution is 0.0525. The molecule has 5 nitrogen and oxygen atoms in total. The topological polar surface area (TPSA) is 62.4 Å². The molecule has 0 spiro atoms. The fourth-order valence-corrected chi connectivity index (χ4v) is 4.16. The lowest BCUT2D eigenvalue weighted by atomic mass is 9.93. The Morgan fingerprint density at radius 2 is 1.72 bits per heavy atom. The Morgan fingerprint density at radius 3 is 2.32 bits per heavy atom. The van der Waals surface area contributed by atoms with Crippen molar-refractivity contribution in [3.63, 3.8) is 0 Å². The Morgan fingerprint density at radius 1 is 1.08 bits per heavy atom.